The van der Waals surface area contributed by atoms with Crippen LogP contribution in [0.3, 0.4) is 0 Å². The molecule has 0 saturated heterocycles. The second kappa shape index (κ2) is 16.8. The summed E-state index contributed by atoms with van der Waals surface area (Å²) in [6.07, 6.45) is 0. The van der Waals surface area contributed by atoms with Crippen molar-refractivity contribution in [3.05, 3.63) is 46.5 Å². The van der Waals surface area contributed by atoms with E-state index in [0.29, 0.717) is 0 Å². The van der Waals surface area contributed by atoms with Crippen LogP contribution in [0.4, 0.5) is 0 Å². The van der Waals surface area contributed by atoms with Crippen LogP contribution in [0.1, 0.15) is 29.7 Å². The predicted octanol–water partition coefficient (Wildman–Crippen LogP) is -0.678. The summed E-state index contributed by atoms with van der Waals surface area (Å²) in [6.45, 7) is -4.82. The van der Waals surface area contributed by atoms with Gasteiger partial charge in [-0.25, -0.2) is 0 Å². The van der Waals surface area contributed by atoms with Gasteiger partial charge in [-0.3, -0.25) is 19.4 Å². The van der Waals surface area contributed by atoms with Gasteiger partial charge < -0.3 is 51.1 Å². The average molecular weight is 612 g/mol. The SMILES string of the molecule is C.O=C(O)CN(Cc1cc(CO)c(O)cc1O)C(CO)[C@@H](CO)N(CC(=O)O)Cc1cc(O)c(CO)cc1O.[Fe]. The Hall–Kier alpha value is -3.14. The molecule has 0 aliphatic carbocycles. The van der Waals surface area contributed by atoms with Crippen molar-refractivity contribution in [3.63, 3.8) is 0 Å². The van der Waals surface area contributed by atoms with E-state index in [1.807, 2.05) is 0 Å². The second-order valence-corrected chi connectivity index (χ2v) is 8.63. The number of phenols is 4. The molecule has 0 heterocycles. The number of carboxylic acid groups (broad SMARTS) is 2. The predicted molar refractivity (Wildman–Crippen MR) is 136 cm³/mol. The average Bonchev–Trinajstić information content (AvgIpc) is 2.84. The van der Waals surface area contributed by atoms with Crippen molar-refractivity contribution in [2.75, 3.05) is 26.3 Å². The maximum absolute atomic E-state index is 11.7. The first-order valence-electron chi connectivity index (χ1n) is 11.4. The van der Waals surface area contributed by atoms with Crippen molar-refractivity contribution in [3.8, 4) is 23.0 Å². The number of phenolic OH excluding ortho intramolecular Hbond substituents is 2. The smallest absolute Gasteiger partial charge is 0.317 e. The van der Waals surface area contributed by atoms with E-state index in [4.69, 9.17) is 0 Å². The van der Waals surface area contributed by atoms with Gasteiger partial charge in [-0.2, -0.15) is 0 Å². The fraction of sp³-hybridized carbons (Fsp3) is 0.440. The Kier molecular flexibility index (Phi) is 15.5. The molecular formula is C25H36FeN2O12. The first-order chi connectivity index (χ1) is 17.9. The molecule has 15 heteroatoms. The zero-order valence-electron chi connectivity index (χ0n) is 20.7. The van der Waals surface area contributed by atoms with Crippen molar-refractivity contribution < 1.29 is 77.7 Å². The summed E-state index contributed by atoms with van der Waals surface area (Å²) in [5.74, 6) is -4.26. The van der Waals surface area contributed by atoms with Gasteiger partial charge in [0.15, 0.2) is 0 Å². The summed E-state index contributed by atoms with van der Waals surface area (Å²) in [5.41, 5.74) is 0.174. The molecule has 2 aromatic rings. The molecule has 0 aliphatic heterocycles. The van der Waals surface area contributed by atoms with Crippen molar-refractivity contribution in [1.82, 2.24) is 9.80 Å². The van der Waals surface area contributed by atoms with Crippen LogP contribution in [-0.2, 0) is 53.0 Å². The number of carbonyl (C=O) groups is 2. The Morgan fingerprint density at radius 3 is 1.32 bits per heavy atom. The largest absolute Gasteiger partial charge is 0.508 e. The van der Waals surface area contributed by atoms with Gasteiger partial charge in [-0.1, -0.05) is 7.43 Å². The van der Waals surface area contributed by atoms with Crippen molar-refractivity contribution in [2.45, 2.75) is 45.8 Å². The third-order valence-corrected chi connectivity index (χ3v) is 6.08. The molecular weight excluding hydrogens is 576 g/mol. The van der Waals surface area contributed by atoms with Crippen LogP contribution in [0.15, 0.2) is 24.3 Å². The molecule has 2 rings (SSSR count). The zero-order chi connectivity index (χ0) is 28.6. The molecule has 14 nitrogen and oxygen atoms in total. The topological polar surface area (TPSA) is 243 Å². The molecule has 0 aliphatic rings. The summed E-state index contributed by atoms with van der Waals surface area (Å²) >= 11 is 0. The second-order valence-electron chi connectivity index (χ2n) is 8.63. The number of aliphatic hydroxyl groups is 4. The number of rotatable bonds is 15. The minimum absolute atomic E-state index is 0. The molecule has 0 bridgehead atoms. The van der Waals surface area contributed by atoms with Crippen LogP contribution in [0.5, 0.6) is 23.0 Å². The Morgan fingerprint density at radius 2 is 0.925 bits per heavy atom. The molecule has 0 saturated carbocycles. The van der Waals surface area contributed by atoms with Gasteiger partial charge in [-0.15, -0.1) is 0 Å². The summed E-state index contributed by atoms with van der Waals surface area (Å²) in [6, 6.07) is 1.93. The summed E-state index contributed by atoms with van der Waals surface area (Å²) in [4.78, 5) is 25.6. The van der Waals surface area contributed by atoms with Gasteiger partial charge in [0.1, 0.15) is 23.0 Å². The third kappa shape index (κ3) is 9.50. The van der Waals surface area contributed by atoms with E-state index in [-0.39, 0.29) is 71.3 Å². The van der Waals surface area contributed by atoms with Gasteiger partial charge in [0, 0.05) is 58.5 Å². The van der Waals surface area contributed by atoms with E-state index < -0.39 is 75.0 Å². The standard InChI is InChI=1S/C24H32N2O12.CH4.Fe/c27-9-15-1-13(21(33)4-22(15)34)5-25(7-23(35)36)17(11-29)18(12-30)26(8-24(37)38)6-14-2-20(32)16(10-28)3-19(14)31;;/h1-4,17-18,27-34H,5-12H2,(H,35,36)(H,37,38);1H4;/t17?,18-;;/m1../s1. The van der Waals surface area contributed by atoms with E-state index in [0.717, 1.165) is 28.0 Å². The molecule has 226 valence electrons. The molecule has 40 heavy (non-hydrogen) atoms. The van der Waals surface area contributed by atoms with Crippen LogP contribution in [0, 0.1) is 0 Å². The van der Waals surface area contributed by atoms with Gasteiger partial charge in [0.25, 0.3) is 0 Å². The van der Waals surface area contributed by atoms with Crippen LogP contribution < -0.4 is 0 Å². The van der Waals surface area contributed by atoms with Crippen molar-refractivity contribution in [1.29, 1.82) is 0 Å². The monoisotopic (exact) mass is 612 g/mol. The number of benzene rings is 2. The number of hydrogen-bond donors (Lipinski definition) is 10. The van der Waals surface area contributed by atoms with E-state index in [9.17, 15) is 60.7 Å². The van der Waals surface area contributed by atoms with Crippen molar-refractivity contribution >= 4 is 11.9 Å². The Labute approximate surface area is 241 Å². The van der Waals surface area contributed by atoms with Crippen LogP contribution >= 0.6 is 0 Å². The fourth-order valence-electron chi connectivity index (χ4n) is 4.17. The molecule has 2 atom stereocenters. The zero-order valence-corrected chi connectivity index (χ0v) is 21.8. The van der Waals surface area contributed by atoms with Crippen LogP contribution in [0.2, 0.25) is 0 Å². The molecule has 0 aromatic heterocycles. The van der Waals surface area contributed by atoms with E-state index in [1.54, 1.807) is 0 Å². The Bertz CT molecular complexity index is 1130. The minimum Gasteiger partial charge on any atom is -0.508 e. The summed E-state index contributed by atoms with van der Waals surface area (Å²) < 4.78 is 0. The van der Waals surface area contributed by atoms with Crippen LogP contribution in [0.25, 0.3) is 0 Å². The van der Waals surface area contributed by atoms with Gasteiger partial charge in [0.2, 0.25) is 0 Å². The van der Waals surface area contributed by atoms with Gasteiger partial charge in [-0.05, 0) is 18.2 Å². The first-order valence-corrected chi connectivity index (χ1v) is 11.4. The molecule has 0 amide bonds. The number of aliphatic hydroxyl groups excluding tert-OH is 4. The summed E-state index contributed by atoms with van der Waals surface area (Å²) in [7, 11) is 0. The van der Waals surface area contributed by atoms with Gasteiger partial charge in [0.05, 0.1) is 51.6 Å². The molecule has 10 N–H and O–H groups in total. The maximum Gasteiger partial charge on any atom is 0.317 e. The molecule has 1 unspecified atom stereocenters. The molecule has 0 spiro atoms. The van der Waals surface area contributed by atoms with Crippen molar-refractivity contribution in [2.24, 2.45) is 0 Å². The molecule has 2 aromatic carbocycles. The Morgan fingerprint density at radius 1 is 0.600 bits per heavy atom. The van der Waals surface area contributed by atoms with Gasteiger partial charge >= 0.3 is 11.9 Å². The van der Waals surface area contributed by atoms with E-state index >= 15 is 0 Å². The van der Waals surface area contributed by atoms with E-state index in [1.165, 1.54) is 6.07 Å². The third-order valence-electron chi connectivity index (χ3n) is 6.08. The number of carboxylic acids is 2. The minimum atomic E-state index is -1.34. The first kappa shape index (κ1) is 36.9. The number of aromatic hydroxyl groups is 4. The van der Waals surface area contributed by atoms with E-state index in [2.05, 4.69) is 0 Å². The Balaban J connectivity index is 0.00000760. The number of aliphatic carboxylic acids is 2. The van der Waals surface area contributed by atoms with Crippen LogP contribution in [-0.4, -0.2) is 111 Å². The normalized spacial score (nSPS) is 12.4. The maximum atomic E-state index is 11.7. The summed E-state index contributed by atoms with van der Waals surface area (Å²) in [5, 5.41) is 98.7. The number of hydrogen-bond acceptors (Lipinski definition) is 12. The quantitative estimate of drug-likeness (QED) is 0.0886. The fourth-order valence-corrected chi connectivity index (χ4v) is 4.17. The number of nitrogens with zero attached hydrogens (tertiary/aromatic N) is 2. The molecule has 0 radical (unpaired) electrons. The molecule has 0 fully saturated rings.